The van der Waals surface area contributed by atoms with Crippen LogP contribution in [0.3, 0.4) is 0 Å². The highest BCUT2D eigenvalue weighted by atomic mass is 35.5. The van der Waals surface area contributed by atoms with Gasteiger partial charge >= 0.3 is 0 Å². The lowest BCUT2D eigenvalue weighted by atomic mass is 10.2. The molecule has 1 aliphatic rings. The topological polar surface area (TPSA) is 80.5 Å². The van der Waals surface area contributed by atoms with E-state index in [4.69, 9.17) is 22.2 Å². The van der Waals surface area contributed by atoms with Gasteiger partial charge in [-0.15, -0.1) is 0 Å². The smallest absolute Gasteiger partial charge is 0.255 e. The number of pyridine rings is 1. The molecule has 1 aromatic rings. The Labute approximate surface area is 116 Å². The van der Waals surface area contributed by atoms with E-state index in [1.165, 1.54) is 6.20 Å². The molecular formula is C12H17ClN4O2. The lowest BCUT2D eigenvalue weighted by molar-refractivity contribution is -0.0586. The van der Waals surface area contributed by atoms with E-state index in [1.807, 2.05) is 13.8 Å². The molecule has 0 bridgehead atoms. The summed E-state index contributed by atoms with van der Waals surface area (Å²) < 4.78 is 5.60. The number of halogens is 1. The summed E-state index contributed by atoms with van der Waals surface area (Å²) in [4.78, 5) is 18.1. The van der Waals surface area contributed by atoms with Crippen molar-refractivity contribution in [3.63, 3.8) is 0 Å². The number of nitrogens with one attached hydrogen (secondary N) is 1. The summed E-state index contributed by atoms with van der Waals surface area (Å²) in [5.41, 5.74) is 2.82. The van der Waals surface area contributed by atoms with E-state index >= 15 is 0 Å². The number of ether oxygens (including phenoxy) is 1. The molecule has 1 aliphatic heterocycles. The molecule has 7 heteroatoms. The Kier molecular flexibility index (Phi) is 4.24. The number of carbonyl (C=O) groups is 1. The minimum atomic E-state index is -0.0972. The fourth-order valence-corrected chi connectivity index (χ4v) is 2.41. The van der Waals surface area contributed by atoms with Gasteiger partial charge in [0.1, 0.15) is 0 Å². The van der Waals surface area contributed by atoms with Crippen molar-refractivity contribution in [2.45, 2.75) is 26.1 Å². The Morgan fingerprint density at radius 3 is 2.68 bits per heavy atom. The second-order valence-corrected chi connectivity index (χ2v) is 5.07. The third-order valence-electron chi connectivity index (χ3n) is 2.93. The zero-order valence-electron chi connectivity index (χ0n) is 10.9. The van der Waals surface area contributed by atoms with Crippen molar-refractivity contribution >= 4 is 23.3 Å². The van der Waals surface area contributed by atoms with E-state index in [-0.39, 0.29) is 18.1 Å². The van der Waals surface area contributed by atoms with Gasteiger partial charge in [-0.05, 0) is 19.9 Å². The van der Waals surface area contributed by atoms with Crippen LogP contribution in [-0.2, 0) is 4.74 Å². The van der Waals surface area contributed by atoms with Crippen LogP contribution < -0.4 is 11.3 Å². The molecule has 1 fully saturated rings. The summed E-state index contributed by atoms with van der Waals surface area (Å²) in [6, 6.07) is 1.57. The number of hydrazine groups is 1. The van der Waals surface area contributed by atoms with Gasteiger partial charge in [0.05, 0.1) is 22.8 Å². The van der Waals surface area contributed by atoms with Crippen LogP contribution in [0.15, 0.2) is 12.3 Å². The van der Waals surface area contributed by atoms with Crippen molar-refractivity contribution in [2.75, 3.05) is 18.5 Å². The average molecular weight is 285 g/mol. The van der Waals surface area contributed by atoms with Gasteiger partial charge in [-0.25, -0.2) is 10.8 Å². The lowest BCUT2D eigenvalue weighted by Crippen LogP contribution is -2.48. The predicted octanol–water partition coefficient (Wildman–Crippen LogP) is 1.27. The maximum absolute atomic E-state index is 12.4. The number of carbonyl (C=O) groups excluding carboxylic acids is 1. The average Bonchev–Trinajstić information content (AvgIpc) is 2.36. The van der Waals surface area contributed by atoms with E-state index in [0.29, 0.717) is 29.5 Å². The Morgan fingerprint density at radius 2 is 2.16 bits per heavy atom. The molecule has 3 N–H and O–H groups in total. The summed E-state index contributed by atoms with van der Waals surface area (Å²) >= 11 is 5.97. The minimum absolute atomic E-state index is 0.0288. The number of morpholine rings is 1. The monoisotopic (exact) mass is 284 g/mol. The Balaban J connectivity index is 2.17. The normalized spacial score (nSPS) is 23.3. The van der Waals surface area contributed by atoms with Crippen molar-refractivity contribution in [1.82, 2.24) is 9.88 Å². The van der Waals surface area contributed by atoms with Crippen LogP contribution >= 0.6 is 11.6 Å². The van der Waals surface area contributed by atoms with E-state index in [0.717, 1.165) is 0 Å². The molecule has 104 valence electrons. The summed E-state index contributed by atoms with van der Waals surface area (Å²) in [5.74, 6) is 5.50. The van der Waals surface area contributed by atoms with Gasteiger partial charge in [0.2, 0.25) is 0 Å². The molecule has 2 rings (SSSR count). The van der Waals surface area contributed by atoms with Gasteiger partial charge in [0.25, 0.3) is 5.91 Å². The molecule has 2 unspecified atom stereocenters. The fourth-order valence-electron chi connectivity index (χ4n) is 2.19. The first-order valence-electron chi connectivity index (χ1n) is 6.08. The van der Waals surface area contributed by atoms with Crippen molar-refractivity contribution < 1.29 is 9.53 Å². The van der Waals surface area contributed by atoms with Gasteiger partial charge in [0, 0.05) is 19.3 Å². The number of hydrogen-bond acceptors (Lipinski definition) is 5. The first-order chi connectivity index (χ1) is 9.01. The highest BCUT2D eigenvalue weighted by molar-refractivity contribution is 6.33. The van der Waals surface area contributed by atoms with E-state index in [2.05, 4.69) is 10.4 Å². The largest absolute Gasteiger partial charge is 0.372 e. The Morgan fingerprint density at radius 1 is 1.53 bits per heavy atom. The number of anilines is 1. The molecule has 0 radical (unpaired) electrons. The highest BCUT2D eigenvalue weighted by Gasteiger charge is 2.27. The summed E-state index contributed by atoms with van der Waals surface area (Å²) in [6.07, 6.45) is 1.52. The van der Waals surface area contributed by atoms with Gasteiger partial charge in [-0.3, -0.25) is 4.79 Å². The predicted molar refractivity (Wildman–Crippen MR) is 73.0 cm³/mol. The SMILES string of the molecule is CC1CN(C(=O)c2cnc(NN)c(Cl)c2)CC(C)O1. The van der Waals surface area contributed by atoms with Crippen molar-refractivity contribution in [3.8, 4) is 0 Å². The van der Waals surface area contributed by atoms with Gasteiger partial charge < -0.3 is 15.1 Å². The molecule has 0 aliphatic carbocycles. The van der Waals surface area contributed by atoms with Crippen LogP contribution in [0.2, 0.25) is 5.02 Å². The van der Waals surface area contributed by atoms with E-state index in [9.17, 15) is 4.79 Å². The molecule has 2 atom stereocenters. The summed E-state index contributed by atoms with van der Waals surface area (Å²) in [6.45, 7) is 5.03. The molecule has 6 nitrogen and oxygen atoms in total. The molecule has 19 heavy (non-hydrogen) atoms. The molecule has 1 amide bonds. The fraction of sp³-hybridized carbons (Fsp3) is 0.500. The number of nitrogens with two attached hydrogens (primary N) is 1. The van der Waals surface area contributed by atoms with E-state index in [1.54, 1.807) is 11.0 Å². The first kappa shape index (κ1) is 14.0. The molecule has 1 aromatic heterocycles. The highest BCUT2D eigenvalue weighted by Crippen LogP contribution is 2.21. The molecule has 1 saturated heterocycles. The van der Waals surface area contributed by atoms with Crippen molar-refractivity contribution in [1.29, 1.82) is 0 Å². The number of nitrogen functional groups attached to an aromatic ring is 1. The molecule has 0 spiro atoms. The molecule has 2 heterocycles. The number of nitrogens with zero attached hydrogens (tertiary/aromatic N) is 2. The maximum Gasteiger partial charge on any atom is 0.255 e. The van der Waals surface area contributed by atoms with Crippen LogP contribution in [0.5, 0.6) is 0 Å². The van der Waals surface area contributed by atoms with Crippen LogP contribution in [0.1, 0.15) is 24.2 Å². The Bertz CT molecular complexity index is 473. The molecule has 0 saturated carbocycles. The quantitative estimate of drug-likeness (QED) is 0.631. The first-order valence-corrected chi connectivity index (χ1v) is 6.46. The maximum atomic E-state index is 12.4. The molecule has 0 aromatic carbocycles. The second kappa shape index (κ2) is 5.73. The van der Waals surface area contributed by atoms with Crippen LogP contribution in [-0.4, -0.2) is 41.1 Å². The van der Waals surface area contributed by atoms with Gasteiger partial charge in [-0.1, -0.05) is 11.6 Å². The number of rotatable bonds is 2. The lowest BCUT2D eigenvalue weighted by Gasteiger charge is -2.35. The van der Waals surface area contributed by atoms with E-state index < -0.39 is 0 Å². The zero-order chi connectivity index (χ0) is 14.0. The van der Waals surface area contributed by atoms with Crippen LogP contribution in [0.25, 0.3) is 0 Å². The number of aromatic nitrogens is 1. The third kappa shape index (κ3) is 3.15. The number of hydrogen-bond donors (Lipinski definition) is 2. The summed E-state index contributed by atoms with van der Waals surface area (Å²) in [7, 11) is 0. The standard InChI is InChI=1S/C12H17ClN4O2/c1-7-5-17(6-8(2)19-7)12(18)9-3-10(13)11(16-14)15-4-9/h3-4,7-8H,5-6,14H2,1-2H3,(H,15,16). The second-order valence-electron chi connectivity index (χ2n) is 4.67. The molecular weight excluding hydrogens is 268 g/mol. The zero-order valence-corrected chi connectivity index (χ0v) is 11.6. The van der Waals surface area contributed by atoms with Crippen LogP contribution in [0.4, 0.5) is 5.82 Å². The summed E-state index contributed by atoms with van der Waals surface area (Å²) in [5, 5.41) is 0.322. The van der Waals surface area contributed by atoms with Crippen LogP contribution in [0, 0.1) is 0 Å². The number of amides is 1. The van der Waals surface area contributed by atoms with Crippen molar-refractivity contribution in [2.24, 2.45) is 5.84 Å². The third-order valence-corrected chi connectivity index (χ3v) is 3.22. The van der Waals surface area contributed by atoms with Gasteiger partial charge in [-0.2, -0.15) is 0 Å². The minimum Gasteiger partial charge on any atom is -0.372 e. The van der Waals surface area contributed by atoms with Crippen molar-refractivity contribution in [3.05, 3.63) is 22.8 Å². The van der Waals surface area contributed by atoms with Gasteiger partial charge in [0.15, 0.2) is 5.82 Å². The Hall–Kier alpha value is -1.37.